The van der Waals surface area contributed by atoms with E-state index in [1.54, 1.807) is 28.6 Å². The number of nitrogens with zero attached hydrogens (tertiary/aromatic N) is 2. The summed E-state index contributed by atoms with van der Waals surface area (Å²) in [5.41, 5.74) is 0. The van der Waals surface area contributed by atoms with E-state index >= 15 is 0 Å². The summed E-state index contributed by atoms with van der Waals surface area (Å²) in [5.74, 6) is 0. The summed E-state index contributed by atoms with van der Waals surface area (Å²) in [6.45, 7) is 7.30. The van der Waals surface area contributed by atoms with Crippen molar-refractivity contribution >= 4 is 21.6 Å². The van der Waals surface area contributed by atoms with Crippen LogP contribution >= 0.6 is 11.6 Å². The standard InChI is InChI=1S/C14H21ClN2O2S/c1-3-16(4-2)13-9-10-17(11-13)20(18,19)14-7-5-12(15)6-8-14/h5-8,13H,3-4,9-11H2,1-2H3. The Hall–Kier alpha value is -0.620. The van der Waals surface area contributed by atoms with Gasteiger partial charge in [-0.15, -0.1) is 0 Å². The Labute approximate surface area is 126 Å². The molecule has 0 aliphatic carbocycles. The molecule has 1 atom stereocenters. The van der Waals surface area contributed by atoms with Gasteiger partial charge >= 0.3 is 0 Å². The van der Waals surface area contributed by atoms with Crippen LogP contribution in [0, 0.1) is 0 Å². The quantitative estimate of drug-likeness (QED) is 0.838. The first-order valence-electron chi connectivity index (χ1n) is 6.98. The molecule has 1 heterocycles. The molecule has 6 heteroatoms. The number of rotatable bonds is 5. The van der Waals surface area contributed by atoms with E-state index in [9.17, 15) is 8.42 Å². The van der Waals surface area contributed by atoms with Crippen molar-refractivity contribution in [3.8, 4) is 0 Å². The highest BCUT2D eigenvalue weighted by Gasteiger charge is 2.34. The number of benzene rings is 1. The summed E-state index contributed by atoms with van der Waals surface area (Å²) in [6.07, 6.45) is 0.897. The van der Waals surface area contributed by atoms with Crippen LogP contribution in [0.15, 0.2) is 29.2 Å². The van der Waals surface area contributed by atoms with E-state index in [-0.39, 0.29) is 0 Å². The summed E-state index contributed by atoms with van der Waals surface area (Å²) in [7, 11) is -3.39. The van der Waals surface area contributed by atoms with Gasteiger partial charge in [-0.1, -0.05) is 25.4 Å². The highest BCUT2D eigenvalue weighted by molar-refractivity contribution is 7.89. The molecule has 1 aromatic carbocycles. The zero-order chi connectivity index (χ0) is 14.8. The lowest BCUT2D eigenvalue weighted by molar-refractivity contribution is 0.224. The maximum atomic E-state index is 12.6. The summed E-state index contributed by atoms with van der Waals surface area (Å²) >= 11 is 5.81. The topological polar surface area (TPSA) is 40.6 Å². The lowest BCUT2D eigenvalue weighted by atomic mass is 10.2. The summed E-state index contributed by atoms with van der Waals surface area (Å²) in [6, 6.07) is 6.70. The van der Waals surface area contributed by atoms with Gasteiger partial charge in [0.1, 0.15) is 0 Å². The van der Waals surface area contributed by atoms with Crippen molar-refractivity contribution in [1.29, 1.82) is 0 Å². The number of hydrogen-bond donors (Lipinski definition) is 0. The van der Waals surface area contributed by atoms with E-state index in [1.807, 2.05) is 0 Å². The van der Waals surface area contributed by atoms with Crippen LogP contribution in [0.4, 0.5) is 0 Å². The van der Waals surface area contributed by atoms with Crippen LogP contribution in [0.5, 0.6) is 0 Å². The van der Waals surface area contributed by atoms with Crippen LogP contribution in [0.2, 0.25) is 5.02 Å². The second kappa shape index (κ2) is 6.43. The number of halogens is 1. The van der Waals surface area contributed by atoms with Crippen LogP contribution in [0.1, 0.15) is 20.3 Å². The zero-order valence-corrected chi connectivity index (χ0v) is 13.5. The molecule has 1 aromatic rings. The molecule has 2 rings (SSSR count). The van der Waals surface area contributed by atoms with Crippen LogP contribution < -0.4 is 0 Å². The largest absolute Gasteiger partial charge is 0.300 e. The Balaban J connectivity index is 2.14. The molecule has 0 bridgehead atoms. The van der Waals surface area contributed by atoms with Crippen LogP contribution in [-0.4, -0.2) is 49.8 Å². The number of sulfonamides is 1. The third-order valence-electron chi connectivity index (χ3n) is 3.91. The fourth-order valence-electron chi connectivity index (χ4n) is 2.72. The van der Waals surface area contributed by atoms with Crippen LogP contribution in [0.25, 0.3) is 0 Å². The van der Waals surface area contributed by atoms with E-state index < -0.39 is 10.0 Å². The second-order valence-corrected chi connectivity index (χ2v) is 7.36. The molecule has 0 spiro atoms. The van der Waals surface area contributed by atoms with E-state index in [1.165, 1.54) is 0 Å². The molecule has 0 N–H and O–H groups in total. The average molecular weight is 317 g/mol. The zero-order valence-electron chi connectivity index (χ0n) is 11.9. The Bertz CT molecular complexity index is 541. The molecule has 1 unspecified atom stereocenters. The van der Waals surface area contributed by atoms with Crippen molar-refractivity contribution in [1.82, 2.24) is 9.21 Å². The molecular weight excluding hydrogens is 296 g/mol. The van der Waals surface area contributed by atoms with Gasteiger partial charge in [-0.05, 0) is 43.8 Å². The Morgan fingerprint density at radius 1 is 1.25 bits per heavy atom. The maximum Gasteiger partial charge on any atom is 0.243 e. The summed E-state index contributed by atoms with van der Waals surface area (Å²) in [5, 5.41) is 0.548. The highest BCUT2D eigenvalue weighted by Crippen LogP contribution is 2.24. The molecule has 0 aromatic heterocycles. The second-order valence-electron chi connectivity index (χ2n) is 4.98. The third kappa shape index (κ3) is 3.17. The minimum atomic E-state index is -3.39. The minimum Gasteiger partial charge on any atom is -0.300 e. The predicted molar refractivity (Wildman–Crippen MR) is 81.5 cm³/mol. The molecule has 0 amide bonds. The Morgan fingerprint density at radius 2 is 1.85 bits per heavy atom. The van der Waals surface area contributed by atoms with Gasteiger partial charge < -0.3 is 0 Å². The van der Waals surface area contributed by atoms with Gasteiger partial charge in [0.15, 0.2) is 0 Å². The molecule has 0 saturated carbocycles. The molecule has 4 nitrogen and oxygen atoms in total. The molecular formula is C14H21ClN2O2S. The van der Waals surface area contributed by atoms with Crippen molar-refractivity contribution in [2.75, 3.05) is 26.2 Å². The molecule has 20 heavy (non-hydrogen) atoms. The first kappa shape index (κ1) is 15.8. The number of likely N-dealkylation sites (N-methyl/N-ethyl adjacent to an activating group) is 1. The first-order chi connectivity index (χ1) is 9.48. The van der Waals surface area contributed by atoms with Gasteiger partial charge in [-0.25, -0.2) is 8.42 Å². The van der Waals surface area contributed by atoms with Gasteiger partial charge in [0.25, 0.3) is 0 Å². The van der Waals surface area contributed by atoms with Crippen molar-refractivity contribution in [3.05, 3.63) is 29.3 Å². The Kier molecular flexibility index (Phi) is 5.07. The lowest BCUT2D eigenvalue weighted by Crippen LogP contribution is -2.38. The minimum absolute atomic E-state index is 0.321. The van der Waals surface area contributed by atoms with Crippen molar-refractivity contribution in [3.63, 3.8) is 0 Å². The van der Waals surface area contributed by atoms with Crippen LogP contribution in [0.3, 0.4) is 0 Å². The van der Waals surface area contributed by atoms with Gasteiger partial charge in [0.2, 0.25) is 10.0 Å². The number of hydrogen-bond acceptors (Lipinski definition) is 3. The molecule has 112 valence electrons. The fourth-order valence-corrected chi connectivity index (χ4v) is 4.34. The van der Waals surface area contributed by atoms with Gasteiger partial charge in [-0.3, -0.25) is 4.90 Å². The van der Waals surface area contributed by atoms with Gasteiger partial charge in [0, 0.05) is 24.2 Å². The van der Waals surface area contributed by atoms with E-state index in [2.05, 4.69) is 18.7 Å². The van der Waals surface area contributed by atoms with E-state index in [4.69, 9.17) is 11.6 Å². The molecule has 0 radical (unpaired) electrons. The molecule has 1 aliphatic rings. The van der Waals surface area contributed by atoms with Crippen LogP contribution in [-0.2, 0) is 10.0 Å². The summed E-state index contributed by atoms with van der Waals surface area (Å²) in [4.78, 5) is 2.64. The SMILES string of the molecule is CCN(CC)C1CCN(S(=O)(=O)c2ccc(Cl)cc2)C1. The van der Waals surface area contributed by atoms with Crippen molar-refractivity contribution in [2.45, 2.75) is 31.2 Å². The Morgan fingerprint density at radius 3 is 2.40 bits per heavy atom. The van der Waals surface area contributed by atoms with E-state index in [0.717, 1.165) is 19.5 Å². The summed E-state index contributed by atoms with van der Waals surface area (Å²) < 4.78 is 26.7. The normalized spacial score (nSPS) is 20.7. The average Bonchev–Trinajstić information content (AvgIpc) is 2.91. The monoisotopic (exact) mass is 316 g/mol. The molecule has 1 aliphatic heterocycles. The highest BCUT2D eigenvalue weighted by atomic mass is 35.5. The first-order valence-corrected chi connectivity index (χ1v) is 8.80. The van der Waals surface area contributed by atoms with Gasteiger partial charge in [-0.2, -0.15) is 4.31 Å². The lowest BCUT2D eigenvalue weighted by Gasteiger charge is -2.26. The van der Waals surface area contributed by atoms with Crippen molar-refractivity contribution < 1.29 is 8.42 Å². The van der Waals surface area contributed by atoms with Crippen molar-refractivity contribution in [2.24, 2.45) is 0 Å². The molecule has 1 saturated heterocycles. The van der Waals surface area contributed by atoms with E-state index in [0.29, 0.717) is 29.0 Å². The molecule has 1 fully saturated rings. The smallest absolute Gasteiger partial charge is 0.243 e. The maximum absolute atomic E-state index is 12.6. The predicted octanol–water partition coefficient (Wildman–Crippen LogP) is 2.44. The fraction of sp³-hybridized carbons (Fsp3) is 0.571. The van der Waals surface area contributed by atoms with Gasteiger partial charge in [0.05, 0.1) is 4.90 Å². The third-order valence-corrected chi connectivity index (χ3v) is 6.04.